The lowest BCUT2D eigenvalue weighted by atomic mass is 9.96. The van der Waals surface area contributed by atoms with E-state index >= 15 is 0 Å². The van der Waals surface area contributed by atoms with Crippen molar-refractivity contribution in [2.24, 2.45) is 0 Å². The van der Waals surface area contributed by atoms with E-state index in [1.54, 1.807) is 42.7 Å². The summed E-state index contributed by atoms with van der Waals surface area (Å²) in [4.78, 5) is 33.2. The monoisotopic (exact) mass is 409 g/mol. The molecule has 0 saturated carbocycles. The number of Topliss-reactive ketones (excluding diaryl/α,β-unsaturated/α-hetero) is 1. The van der Waals surface area contributed by atoms with Crippen molar-refractivity contribution in [1.29, 1.82) is 0 Å². The van der Waals surface area contributed by atoms with E-state index in [9.17, 15) is 14.7 Å². The molecular formula is C22H23N3O5. The lowest BCUT2D eigenvalue weighted by molar-refractivity contribution is -0.140. The number of aliphatic hydroxyl groups excluding tert-OH is 1. The van der Waals surface area contributed by atoms with Crippen molar-refractivity contribution in [2.75, 3.05) is 40.4 Å². The number of likely N-dealkylation sites (N-methyl/N-ethyl adjacent to an activating group) is 1. The molecule has 4 rings (SSSR count). The molecule has 8 nitrogen and oxygen atoms in total. The molecule has 2 aromatic rings. The molecule has 3 heterocycles. The number of ether oxygens (including phenoxy) is 2. The number of amides is 1. The molecule has 1 saturated heterocycles. The topological polar surface area (TPSA) is 92.2 Å². The molecule has 1 aromatic carbocycles. The number of nitrogens with zero attached hydrogens (tertiary/aromatic N) is 3. The van der Waals surface area contributed by atoms with Crippen LogP contribution < -0.4 is 9.47 Å². The Morgan fingerprint density at radius 3 is 2.53 bits per heavy atom. The average molecular weight is 409 g/mol. The normalized spacial score (nSPS) is 20.1. The number of likely N-dealkylation sites (tertiary alicyclic amines) is 1. The summed E-state index contributed by atoms with van der Waals surface area (Å²) in [5.41, 5.74) is 1.16. The van der Waals surface area contributed by atoms with Crippen LogP contribution in [0, 0.1) is 0 Å². The van der Waals surface area contributed by atoms with Crippen molar-refractivity contribution >= 4 is 17.4 Å². The Bertz CT molecular complexity index is 1000. The van der Waals surface area contributed by atoms with Gasteiger partial charge in [-0.2, -0.15) is 0 Å². The van der Waals surface area contributed by atoms with Crippen molar-refractivity contribution in [3.8, 4) is 11.5 Å². The van der Waals surface area contributed by atoms with E-state index in [1.807, 2.05) is 19.0 Å². The summed E-state index contributed by atoms with van der Waals surface area (Å²) in [7, 11) is 3.79. The zero-order valence-electron chi connectivity index (χ0n) is 16.9. The van der Waals surface area contributed by atoms with Gasteiger partial charge in [0.2, 0.25) is 0 Å². The number of carbonyl (C=O) groups is 2. The number of ketones is 1. The minimum absolute atomic E-state index is 0.0571. The van der Waals surface area contributed by atoms with Gasteiger partial charge in [0, 0.05) is 31.0 Å². The average Bonchev–Trinajstić information content (AvgIpc) is 3.02. The maximum Gasteiger partial charge on any atom is 0.295 e. The van der Waals surface area contributed by atoms with Crippen LogP contribution in [0.15, 0.2) is 48.3 Å². The summed E-state index contributed by atoms with van der Waals surface area (Å²) < 4.78 is 11.1. The highest BCUT2D eigenvalue weighted by atomic mass is 16.6. The van der Waals surface area contributed by atoms with E-state index in [2.05, 4.69) is 4.98 Å². The molecule has 1 atom stereocenters. The van der Waals surface area contributed by atoms with E-state index in [-0.39, 0.29) is 11.3 Å². The lowest BCUT2D eigenvalue weighted by Crippen LogP contribution is -2.35. The zero-order valence-corrected chi connectivity index (χ0v) is 16.9. The van der Waals surface area contributed by atoms with E-state index in [0.29, 0.717) is 48.9 Å². The van der Waals surface area contributed by atoms with Crippen LogP contribution in [0.5, 0.6) is 11.5 Å². The van der Waals surface area contributed by atoms with Crippen LogP contribution in [0.2, 0.25) is 0 Å². The molecule has 0 spiro atoms. The predicted octanol–water partition coefficient (Wildman–Crippen LogP) is 1.84. The molecule has 156 valence electrons. The maximum atomic E-state index is 13.0. The number of aliphatic hydroxyl groups is 1. The first-order valence-corrected chi connectivity index (χ1v) is 9.70. The Morgan fingerprint density at radius 2 is 1.83 bits per heavy atom. The Kier molecular flexibility index (Phi) is 5.41. The van der Waals surface area contributed by atoms with Gasteiger partial charge in [-0.25, -0.2) is 0 Å². The molecule has 0 unspecified atom stereocenters. The third-order valence-electron chi connectivity index (χ3n) is 5.17. The first-order valence-electron chi connectivity index (χ1n) is 9.70. The summed E-state index contributed by atoms with van der Waals surface area (Å²) in [5.74, 6) is -0.497. The molecule has 1 amide bonds. The highest BCUT2D eigenvalue weighted by Crippen LogP contribution is 2.40. The highest BCUT2D eigenvalue weighted by molar-refractivity contribution is 6.46. The number of aromatic nitrogens is 1. The molecule has 8 heteroatoms. The van der Waals surface area contributed by atoms with Crippen molar-refractivity contribution < 1.29 is 24.2 Å². The molecule has 1 aromatic heterocycles. The number of fused-ring (bicyclic) bond motifs is 1. The van der Waals surface area contributed by atoms with Crippen LogP contribution in [0.1, 0.15) is 17.2 Å². The van der Waals surface area contributed by atoms with Gasteiger partial charge in [0.15, 0.2) is 11.5 Å². The SMILES string of the molecule is CN(C)CCN1C(=O)C(=O)/C(=C(/O)c2ccc3c(c2)OCCO3)[C@@H]1c1ccncc1. The van der Waals surface area contributed by atoms with Gasteiger partial charge in [-0.3, -0.25) is 14.6 Å². The van der Waals surface area contributed by atoms with Crippen LogP contribution in [0.3, 0.4) is 0 Å². The molecule has 2 aliphatic heterocycles. The minimum Gasteiger partial charge on any atom is -0.507 e. The fraction of sp³-hybridized carbons (Fsp3) is 0.318. The number of rotatable bonds is 5. The van der Waals surface area contributed by atoms with Gasteiger partial charge < -0.3 is 24.4 Å². The second-order valence-corrected chi connectivity index (χ2v) is 7.43. The van der Waals surface area contributed by atoms with E-state index in [4.69, 9.17) is 9.47 Å². The fourth-order valence-corrected chi connectivity index (χ4v) is 3.66. The second-order valence-electron chi connectivity index (χ2n) is 7.43. The van der Waals surface area contributed by atoms with Crippen LogP contribution >= 0.6 is 0 Å². The summed E-state index contributed by atoms with van der Waals surface area (Å²) in [6.07, 6.45) is 3.21. The highest BCUT2D eigenvalue weighted by Gasteiger charge is 2.45. The van der Waals surface area contributed by atoms with Crippen molar-refractivity contribution in [1.82, 2.24) is 14.8 Å². The van der Waals surface area contributed by atoms with Crippen LogP contribution in [0.25, 0.3) is 5.76 Å². The molecule has 0 aliphatic carbocycles. The molecule has 0 radical (unpaired) electrons. The standard InChI is InChI=1S/C22H23N3O5/c1-24(2)9-10-25-19(14-5-7-23-8-6-14)18(21(27)22(25)28)20(26)15-3-4-16-17(13-15)30-12-11-29-16/h3-8,13,19,26H,9-12H2,1-2H3/b20-18+/t19-/m0/s1. The van der Waals surface area contributed by atoms with Crippen molar-refractivity contribution in [2.45, 2.75) is 6.04 Å². The summed E-state index contributed by atoms with van der Waals surface area (Å²) in [6.45, 7) is 1.79. The van der Waals surface area contributed by atoms with Gasteiger partial charge >= 0.3 is 0 Å². The van der Waals surface area contributed by atoms with Crippen molar-refractivity contribution in [3.63, 3.8) is 0 Å². The first kappa shape index (κ1) is 19.9. The zero-order chi connectivity index (χ0) is 21.3. The van der Waals surface area contributed by atoms with Crippen LogP contribution in [-0.4, -0.2) is 72.0 Å². The number of hydrogen-bond donors (Lipinski definition) is 1. The predicted molar refractivity (Wildman–Crippen MR) is 109 cm³/mol. The fourth-order valence-electron chi connectivity index (χ4n) is 3.66. The maximum absolute atomic E-state index is 13.0. The Hall–Kier alpha value is -3.39. The Balaban J connectivity index is 1.81. The number of pyridine rings is 1. The van der Waals surface area contributed by atoms with Gasteiger partial charge in [0.25, 0.3) is 11.7 Å². The van der Waals surface area contributed by atoms with Gasteiger partial charge in [-0.1, -0.05) is 0 Å². The molecule has 0 bridgehead atoms. The van der Waals surface area contributed by atoms with Gasteiger partial charge in [-0.15, -0.1) is 0 Å². The number of benzene rings is 1. The summed E-state index contributed by atoms with van der Waals surface area (Å²) >= 11 is 0. The number of carbonyl (C=O) groups excluding carboxylic acids is 2. The Morgan fingerprint density at radius 1 is 1.13 bits per heavy atom. The molecule has 1 N–H and O–H groups in total. The summed E-state index contributed by atoms with van der Waals surface area (Å²) in [5, 5.41) is 11.1. The van der Waals surface area contributed by atoms with Gasteiger partial charge in [0.1, 0.15) is 19.0 Å². The smallest absolute Gasteiger partial charge is 0.295 e. The van der Waals surface area contributed by atoms with E-state index in [0.717, 1.165) is 0 Å². The Labute approximate surface area is 174 Å². The van der Waals surface area contributed by atoms with E-state index in [1.165, 1.54) is 4.90 Å². The van der Waals surface area contributed by atoms with Crippen molar-refractivity contribution in [3.05, 3.63) is 59.4 Å². The minimum atomic E-state index is -0.706. The van der Waals surface area contributed by atoms with E-state index < -0.39 is 17.7 Å². The third-order valence-corrected chi connectivity index (χ3v) is 5.17. The first-order chi connectivity index (χ1) is 14.5. The van der Waals surface area contributed by atoms with Crippen LogP contribution in [-0.2, 0) is 9.59 Å². The third kappa shape index (κ3) is 3.61. The van der Waals surface area contributed by atoms with Gasteiger partial charge in [-0.05, 0) is 50.0 Å². The molecule has 2 aliphatic rings. The summed E-state index contributed by atoms with van der Waals surface area (Å²) in [6, 6.07) is 7.77. The lowest BCUT2D eigenvalue weighted by Gasteiger charge is -2.26. The number of hydrogen-bond acceptors (Lipinski definition) is 7. The van der Waals surface area contributed by atoms with Crippen LogP contribution in [0.4, 0.5) is 0 Å². The molecule has 30 heavy (non-hydrogen) atoms. The molecular weight excluding hydrogens is 386 g/mol. The largest absolute Gasteiger partial charge is 0.507 e. The van der Waals surface area contributed by atoms with Gasteiger partial charge in [0.05, 0.1) is 11.6 Å². The second kappa shape index (κ2) is 8.16. The molecule has 1 fully saturated rings. The quantitative estimate of drug-likeness (QED) is 0.458.